The monoisotopic (exact) mass is 380 g/mol. The van der Waals surface area contributed by atoms with Crippen molar-refractivity contribution in [3.8, 4) is 0 Å². The van der Waals surface area contributed by atoms with Gasteiger partial charge in [-0.15, -0.1) is 0 Å². The van der Waals surface area contributed by atoms with Gasteiger partial charge in [-0.05, 0) is 35.0 Å². The van der Waals surface area contributed by atoms with Crippen molar-refractivity contribution in [3.63, 3.8) is 0 Å². The number of nitrogens with two attached hydrogens (primary N) is 1. The van der Waals surface area contributed by atoms with Crippen molar-refractivity contribution in [2.24, 2.45) is 0 Å². The standard InChI is InChI=1S/C15H17BrN6O.2H2/c16-10-6-11(15(17)20-7-10)14(23)12-8-19-9-13(21-12)22-4-1-2-18-3-5-22;;/h6-9,18H,1-5H2,(H2,17,20);2*1H. The Hall–Kier alpha value is -2.06. The molecule has 0 saturated carbocycles. The summed E-state index contributed by atoms with van der Waals surface area (Å²) in [5.74, 6) is 0.615. The van der Waals surface area contributed by atoms with Crippen LogP contribution in [-0.2, 0) is 0 Å². The van der Waals surface area contributed by atoms with E-state index in [0.717, 1.165) is 32.6 Å². The number of ketones is 1. The molecule has 0 atom stereocenters. The summed E-state index contributed by atoms with van der Waals surface area (Å²) in [6.45, 7) is 3.61. The largest absolute Gasteiger partial charge is 0.383 e. The molecule has 0 radical (unpaired) electrons. The predicted molar refractivity (Wildman–Crippen MR) is 95.7 cm³/mol. The van der Waals surface area contributed by atoms with Crippen molar-refractivity contribution < 1.29 is 7.65 Å². The minimum atomic E-state index is -0.279. The predicted octanol–water partition coefficient (Wildman–Crippen LogP) is 1.74. The molecule has 2 aromatic heterocycles. The fraction of sp³-hybridized carbons (Fsp3) is 0.333. The topological polar surface area (TPSA) is 97.0 Å². The van der Waals surface area contributed by atoms with Crippen LogP contribution in [0, 0.1) is 0 Å². The van der Waals surface area contributed by atoms with Gasteiger partial charge in [-0.1, -0.05) is 0 Å². The summed E-state index contributed by atoms with van der Waals surface area (Å²) in [6, 6.07) is 1.65. The average molecular weight is 381 g/mol. The van der Waals surface area contributed by atoms with Crippen LogP contribution in [0.15, 0.2) is 29.1 Å². The average Bonchev–Trinajstić information content (AvgIpc) is 2.86. The molecule has 7 nitrogen and oxygen atoms in total. The van der Waals surface area contributed by atoms with E-state index < -0.39 is 0 Å². The zero-order valence-electron chi connectivity index (χ0n) is 12.5. The van der Waals surface area contributed by atoms with E-state index in [4.69, 9.17) is 5.73 Å². The van der Waals surface area contributed by atoms with E-state index in [1.807, 2.05) is 0 Å². The molecule has 3 rings (SSSR count). The van der Waals surface area contributed by atoms with Crippen LogP contribution in [-0.4, -0.2) is 46.9 Å². The van der Waals surface area contributed by atoms with Gasteiger partial charge in [0, 0.05) is 33.2 Å². The second kappa shape index (κ2) is 7.01. The van der Waals surface area contributed by atoms with E-state index in [0.29, 0.717) is 15.9 Å². The highest BCUT2D eigenvalue weighted by Crippen LogP contribution is 2.19. The lowest BCUT2D eigenvalue weighted by Gasteiger charge is -2.20. The summed E-state index contributed by atoms with van der Waals surface area (Å²) in [4.78, 5) is 27.4. The number of anilines is 2. The number of carbonyl (C=O) groups excluding carboxylic acids is 1. The quantitative estimate of drug-likeness (QED) is 0.782. The number of pyridine rings is 1. The number of nitrogens with zero attached hydrogens (tertiary/aromatic N) is 4. The van der Waals surface area contributed by atoms with Crippen LogP contribution in [0.1, 0.15) is 25.3 Å². The lowest BCUT2D eigenvalue weighted by Crippen LogP contribution is -2.29. The number of hydrogen-bond acceptors (Lipinski definition) is 7. The first-order valence-corrected chi connectivity index (χ1v) is 8.18. The third kappa shape index (κ3) is 3.65. The number of nitrogen functional groups attached to an aromatic ring is 1. The Morgan fingerprint density at radius 2 is 2.17 bits per heavy atom. The van der Waals surface area contributed by atoms with Crippen molar-refractivity contribution in [2.75, 3.05) is 36.8 Å². The molecule has 1 fully saturated rings. The number of aromatic nitrogens is 3. The summed E-state index contributed by atoms with van der Waals surface area (Å²) in [5, 5.41) is 3.34. The van der Waals surface area contributed by atoms with Gasteiger partial charge in [-0.2, -0.15) is 0 Å². The van der Waals surface area contributed by atoms with Gasteiger partial charge in [0.25, 0.3) is 0 Å². The fourth-order valence-electron chi connectivity index (χ4n) is 2.46. The van der Waals surface area contributed by atoms with Crippen molar-refractivity contribution in [1.82, 2.24) is 20.3 Å². The third-order valence-electron chi connectivity index (χ3n) is 3.65. The minimum Gasteiger partial charge on any atom is -0.383 e. The lowest BCUT2D eigenvalue weighted by atomic mass is 10.1. The Bertz CT molecular complexity index is 725. The van der Waals surface area contributed by atoms with Crippen LogP contribution in [0.2, 0.25) is 0 Å². The third-order valence-corrected chi connectivity index (χ3v) is 4.08. The summed E-state index contributed by atoms with van der Waals surface area (Å²) < 4.78 is 0.692. The fourth-order valence-corrected chi connectivity index (χ4v) is 2.79. The smallest absolute Gasteiger partial charge is 0.216 e. The van der Waals surface area contributed by atoms with Gasteiger partial charge in [0.2, 0.25) is 5.78 Å². The molecule has 1 aliphatic rings. The summed E-state index contributed by atoms with van der Waals surface area (Å²) in [5.41, 5.74) is 6.40. The van der Waals surface area contributed by atoms with Crippen LogP contribution in [0.25, 0.3) is 0 Å². The van der Waals surface area contributed by atoms with Crippen molar-refractivity contribution >= 4 is 33.3 Å². The molecule has 124 valence electrons. The van der Waals surface area contributed by atoms with Crippen LogP contribution >= 0.6 is 15.9 Å². The van der Waals surface area contributed by atoms with Gasteiger partial charge < -0.3 is 16.0 Å². The number of carbonyl (C=O) groups is 1. The molecule has 0 amide bonds. The number of rotatable bonds is 3. The van der Waals surface area contributed by atoms with E-state index in [1.54, 1.807) is 18.5 Å². The Balaban J connectivity index is 0.00000156. The SMILES string of the molecule is Nc1ncc(Br)cc1C(=O)c1cncc(N2CCCNCC2)n1.[HH].[HH]. The molecule has 8 heteroatoms. The Labute approximate surface area is 145 Å². The van der Waals surface area contributed by atoms with E-state index in [1.165, 1.54) is 6.20 Å². The molecule has 1 aliphatic heterocycles. The molecule has 0 aromatic carbocycles. The summed E-state index contributed by atoms with van der Waals surface area (Å²) in [6.07, 6.45) is 5.73. The minimum absolute atomic E-state index is 0. The van der Waals surface area contributed by atoms with E-state index in [9.17, 15) is 4.79 Å². The number of nitrogens with one attached hydrogen (secondary N) is 1. The maximum Gasteiger partial charge on any atom is 0.216 e. The van der Waals surface area contributed by atoms with Gasteiger partial charge in [-0.3, -0.25) is 9.78 Å². The molecule has 0 spiro atoms. The van der Waals surface area contributed by atoms with Gasteiger partial charge in [0.1, 0.15) is 17.3 Å². The van der Waals surface area contributed by atoms with Gasteiger partial charge in [-0.25, -0.2) is 9.97 Å². The Kier molecular flexibility index (Phi) is 4.82. The van der Waals surface area contributed by atoms with Gasteiger partial charge in [0.15, 0.2) is 0 Å². The summed E-state index contributed by atoms with van der Waals surface area (Å²) >= 11 is 3.30. The Morgan fingerprint density at radius 3 is 3.04 bits per heavy atom. The molecular weight excluding hydrogens is 360 g/mol. The molecular formula is C15H21BrN6O. The number of halogens is 1. The van der Waals surface area contributed by atoms with Crippen molar-refractivity contribution in [3.05, 3.63) is 40.4 Å². The molecule has 23 heavy (non-hydrogen) atoms. The van der Waals surface area contributed by atoms with Crippen LogP contribution < -0.4 is 16.0 Å². The van der Waals surface area contributed by atoms with E-state index in [-0.39, 0.29) is 20.1 Å². The molecule has 0 bridgehead atoms. The molecule has 1 saturated heterocycles. The second-order valence-electron chi connectivity index (χ2n) is 5.27. The zero-order chi connectivity index (χ0) is 16.2. The van der Waals surface area contributed by atoms with Crippen molar-refractivity contribution in [1.29, 1.82) is 0 Å². The molecule has 0 aliphatic carbocycles. The van der Waals surface area contributed by atoms with Gasteiger partial charge in [0.05, 0.1) is 18.0 Å². The highest BCUT2D eigenvalue weighted by Gasteiger charge is 2.18. The normalized spacial score (nSPS) is 15.3. The molecule has 3 N–H and O–H groups in total. The van der Waals surface area contributed by atoms with Crippen LogP contribution in [0.5, 0.6) is 0 Å². The van der Waals surface area contributed by atoms with Gasteiger partial charge >= 0.3 is 0 Å². The first kappa shape index (κ1) is 15.8. The maximum absolute atomic E-state index is 12.6. The van der Waals surface area contributed by atoms with E-state index in [2.05, 4.69) is 41.1 Å². The first-order chi connectivity index (χ1) is 11.1. The highest BCUT2D eigenvalue weighted by atomic mass is 79.9. The van der Waals surface area contributed by atoms with Crippen molar-refractivity contribution in [2.45, 2.75) is 6.42 Å². The number of hydrogen-bond donors (Lipinski definition) is 2. The lowest BCUT2D eigenvalue weighted by molar-refractivity contribution is 0.103. The van der Waals surface area contributed by atoms with Crippen LogP contribution in [0.4, 0.5) is 11.6 Å². The second-order valence-corrected chi connectivity index (χ2v) is 6.18. The first-order valence-electron chi connectivity index (χ1n) is 7.38. The molecule has 3 heterocycles. The zero-order valence-corrected chi connectivity index (χ0v) is 14.1. The Morgan fingerprint density at radius 1 is 1.30 bits per heavy atom. The maximum atomic E-state index is 12.6. The summed E-state index contributed by atoms with van der Waals surface area (Å²) in [7, 11) is 0. The van der Waals surface area contributed by atoms with E-state index >= 15 is 0 Å². The molecule has 2 aromatic rings. The van der Waals surface area contributed by atoms with Crippen LogP contribution in [0.3, 0.4) is 0 Å². The molecule has 0 unspecified atom stereocenters. The highest BCUT2D eigenvalue weighted by molar-refractivity contribution is 9.10.